The molecule has 2 N–H and O–H groups in total. The molecule has 0 fully saturated rings. The number of rotatable bonds is 0. The fraction of sp³-hybridized carbons (Fsp3) is 0.333. The van der Waals surface area contributed by atoms with Crippen molar-refractivity contribution >= 4 is 5.69 Å². The first-order chi connectivity index (χ1) is 5.29. The van der Waals surface area contributed by atoms with E-state index in [1.54, 1.807) is 6.07 Å². The minimum absolute atomic E-state index is 0.426. The smallest absolute Gasteiger partial charge is 0.120 e. The molecule has 0 saturated carbocycles. The van der Waals surface area contributed by atoms with Gasteiger partial charge in [0.1, 0.15) is 5.75 Å². The molecule has 2 nitrogen and oxygen atoms in total. The summed E-state index contributed by atoms with van der Waals surface area (Å²) < 4.78 is 0. The molecular weight excluding hydrogens is 138 g/mol. The number of phenols is 1. The third kappa shape index (κ3) is 0.862. The van der Waals surface area contributed by atoms with Gasteiger partial charge in [-0.2, -0.15) is 0 Å². The third-order valence-corrected chi connectivity index (χ3v) is 2.17. The second-order valence-electron chi connectivity index (χ2n) is 2.93. The van der Waals surface area contributed by atoms with Crippen LogP contribution in [0.5, 0.6) is 5.75 Å². The highest BCUT2D eigenvalue weighted by molar-refractivity contribution is 5.65. The van der Waals surface area contributed by atoms with Crippen LogP contribution in [-0.2, 0) is 6.42 Å². The standard InChI is InChI=1S/C9H11NO/c1-6-2-3-8(11)7-4-5-10-9(6)7/h2-3,10-11H,4-5H2,1H3. The van der Waals surface area contributed by atoms with E-state index in [1.165, 1.54) is 5.56 Å². The van der Waals surface area contributed by atoms with Gasteiger partial charge < -0.3 is 10.4 Å². The molecule has 0 amide bonds. The molecule has 2 rings (SSSR count). The molecular formula is C9H11NO. The van der Waals surface area contributed by atoms with Gasteiger partial charge in [0.25, 0.3) is 0 Å². The number of aromatic hydroxyl groups is 1. The average Bonchev–Trinajstić information content (AvgIpc) is 2.45. The average molecular weight is 149 g/mol. The van der Waals surface area contributed by atoms with Crippen molar-refractivity contribution in [1.82, 2.24) is 0 Å². The molecule has 1 heterocycles. The Morgan fingerprint density at radius 1 is 1.45 bits per heavy atom. The zero-order valence-electron chi connectivity index (χ0n) is 6.52. The van der Waals surface area contributed by atoms with Crippen molar-refractivity contribution in [2.45, 2.75) is 13.3 Å². The van der Waals surface area contributed by atoms with E-state index in [2.05, 4.69) is 12.2 Å². The Labute approximate surface area is 65.9 Å². The lowest BCUT2D eigenvalue weighted by molar-refractivity contribution is 0.470. The summed E-state index contributed by atoms with van der Waals surface area (Å²) in [5.41, 5.74) is 3.42. The van der Waals surface area contributed by atoms with Crippen molar-refractivity contribution in [1.29, 1.82) is 0 Å². The summed E-state index contributed by atoms with van der Waals surface area (Å²) in [5, 5.41) is 12.7. The topological polar surface area (TPSA) is 32.3 Å². The Kier molecular flexibility index (Phi) is 1.28. The van der Waals surface area contributed by atoms with E-state index in [1.807, 2.05) is 6.07 Å². The number of hydrogen-bond donors (Lipinski definition) is 2. The lowest BCUT2D eigenvalue weighted by Crippen LogP contribution is -1.92. The Bertz CT molecular complexity index is 265. The van der Waals surface area contributed by atoms with Gasteiger partial charge >= 0.3 is 0 Å². The van der Waals surface area contributed by atoms with Gasteiger partial charge in [-0.05, 0) is 25.0 Å². The van der Waals surface area contributed by atoms with Crippen LogP contribution in [0.2, 0.25) is 0 Å². The summed E-state index contributed by atoms with van der Waals surface area (Å²) in [5.74, 6) is 0.426. The monoisotopic (exact) mass is 149 g/mol. The van der Waals surface area contributed by atoms with E-state index in [0.717, 1.165) is 24.2 Å². The minimum atomic E-state index is 0.426. The number of aryl methyl sites for hydroxylation is 1. The molecule has 0 aliphatic carbocycles. The van der Waals surface area contributed by atoms with Crippen LogP contribution in [-0.4, -0.2) is 11.7 Å². The molecule has 0 aromatic heterocycles. The number of phenolic OH excluding ortho intramolecular Hbond substituents is 1. The van der Waals surface area contributed by atoms with Crippen molar-refractivity contribution in [3.63, 3.8) is 0 Å². The maximum Gasteiger partial charge on any atom is 0.120 e. The molecule has 0 saturated heterocycles. The van der Waals surface area contributed by atoms with Crippen LogP contribution < -0.4 is 5.32 Å². The molecule has 0 radical (unpaired) electrons. The highest BCUT2D eigenvalue weighted by Gasteiger charge is 2.15. The first kappa shape index (κ1) is 6.53. The molecule has 0 spiro atoms. The maximum absolute atomic E-state index is 9.42. The van der Waals surface area contributed by atoms with Crippen molar-refractivity contribution < 1.29 is 5.11 Å². The molecule has 0 unspecified atom stereocenters. The molecule has 1 aromatic rings. The van der Waals surface area contributed by atoms with E-state index in [4.69, 9.17) is 0 Å². The van der Waals surface area contributed by atoms with Crippen molar-refractivity contribution in [2.75, 3.05) is 11.9 Å². The van der Waals surface area contributed by atoms with Crippen molar-refractivity contribution in [3.8, 4) is 5.75 Å². The van der Waals surface area contributed by atoms with Crippen molar-refractivity contribution in [3.05, 3.63) is 23.3 Å². The highest BCUT2D eigenvalue weighted by atomic mass is 16.3. The lowest BCUT2D eigenvalue weighted by atomic mass is 10.1. The molecule has 2 heteroatoms. The number of benzene rings is 1. The molecule has 1 aliphatic heterocycles. The van der Waals surface area contributed by atoms with Gasteiger partial charge in [0.05, 0.1) is 0 Å². The molecule has 1 aliphatic rings. The summed E-state index contributed by atoms with van der Waals surface area (Å²) in [4.78, 5) is 0. The molecule has 11 heavy (non-hydrogen) atoms. The largest absolute Gasteiger partial charge is 0.508 e. The maximum atomic E-state index is 9.42. The normalized spacial score (nSPS) is 14.3. The molecule has 58 valence electrons. The minimum Gasteiger partial charge on any atom is -0.508 e. The van der Waals surface area contributed by atoms with Crippen LogP contribution >= 0.6 is 0 Å². The van der Waals surface area contributed by atoms with Crippen LogP contribution in [0.3, 0.4) is 0 Å². The van der Waals surface area contributed by atoms with Crippen LogP contribution in [0.4, 0.5) is 5.69 Å². The van der Waals surface area contributed by atoms with Crippen LogP contribution in [0.15, 0.2) is 12.1 Å². The van der Waals surface area contributed by atoms with E-state index in [9.17, 15) is 5.11 Å². The summed E-state index contributed by atoms with van der Waals surface area (Å²) in [6, 6.07) is 3.70. The first-order valence-electron chi connectivity index (χ1n) is 3.84. The van der Waals surface area contributed by atoms with Crippen LogP contribution in [0.25, 0.3) is 0 Å². The van der Waals surface area contributed by atoms with E-state index in [0.29, 0.717) is 5.75 Å². The summed E-state index contributed by atoms with van der Waals surface area (Å²) in [7, 11) is 0. The number of fused-ring (bicyclic) bond motifs is 1. The Morgan fingerprint density at radius 2 is 2.27 bits per heavy atom. The van der Waals surface area contributed by atoms with Crippen LogP contribution in [0.1, 0.15) is 11.1 Å². The summed E-state index contributed by atoms with van der Waals surface area (Å²) in [6.07, 6.45) is 0.947. The van der Waals surface area contributed by atoms with Crippen LogP contribution in [0, 0.1) is 6.92 Å². The van der Waals surface area contributed by atoms with Gasteiger partial charge in [0.15, 0.2) is 0 Å². The fourth-order valence-electron chi connectivity index (χ4n) is 1.57. The van der Waals surface area contributed by atoms with E-state index in [-0.39, 0.29) is 0 Å². The van der Waals surface area contributed by atoms with Gasteiger partial charge in [0.2, 0.25) is 0 Å². The first-order valence-corrected chi connectivity index (χ1v) is 3.84. The second kappa shape index (κ2) is 2.16. The number of anilines is 1. The molecule has 1 aromatic carbocycles. The zero-order valence-corrected chi connectivity index (χ0v) is 6.52. The quantitative estimate of drug-likeness (QED) is 0.588. The summed E-state index contributed by atoms with van der Waals surface area (Å²) in [6.45, 7) is 3.00. The number of nitrogens with one attached hydrogen (secondary N) is 1. The molecule has 0 atom stereocenters. The van der Waals surface area contributed by atoms with Gasteiger partial charge in [-0.3, -0.25) is 0 Å². The third-order valence-electron chi connectivity index (χ3n) is 2.17. The van der Waals surface area contributed by atoms with Gasteiger partial charge in [0, 0.05) is 17.8 Å². The lowest BCUT2D eigenvalue weighted by Gasteiger charge is -2.04. The van der Waals surface area contributed by atoms with E-state index < -0.39 is 0 Å². The van der Waals surface area contributed by atoms with Gasteiger partial charge in [-0.1, -0.05) is 6.07 Å². The Hall–Kier alpha value is -1.18. The second-order valence-corrected chi connectivity index (χ2v) is 2.93. The Morgan fingerprint density at radius 3 is 3.00 bits per heavy atom. The molecule has 0 bridgehead atoms. The number of hydrogen-bond acceptors (Lipinski definition) is 2. The summed E-state index contributed by atoms with van der Waals surface area (Å²) >= 11 is 0. The van der Waals surface area contributed by atoms with Gasteiger partial charge in [-0.15, -0.1) is 0 Å². The highest BCUT2D eigenvalue weighted by Crippen LogP contribution is 2.32. The predicted octanol–water partition coefficient (Wildman–Crippen LogP) is 1.67. The van der Waals surface area contributed by atoms with E-state index >= 15 is 0 Å². The predicted molar refractivity (Wildman–Crippen MR) is 45.0 cm³/mol. The van der Waals surface area contributed by atoms with Gasteiger partial charge in [-0.25, -0.2) is 0 Å². The zero-order chi connectivity index (χ0) is 7.84. The Balaban J connectivity index is 2.64. The SMILES string of the molecule is Cc1ccc(O)c2c1NCC2. The fourth-order valence-corrected chi connectivity index (χ4v) is 1.57. The van der Waals surface area contributed by atoms with Crippen molar-refractivity contribution in [2.24, 2.45) is 0 Å².